The molecule has 1 aromatic heterocycles. The average Bonchev–Trinajstić information content (AvgIpc) is 2.74. The number of alkyl halides is 3. The van der Waals surface area contributed by atoms with Crippen molar-refractivity contribution in [2.45, 2.75) is 6.18 Å². The van der Waals surface area contributed by atoms with Crippen LogP contribution in [-0.4, -0.2) is 16.9 Å². The molecule has 0 aliphatic rings. The van der Waals surface area contributed by atoms with E-state index in [1.54, 1.807) is 30.3 Å². The molecule has 1 heterocycles. The summed E-state index contributed by atoms with van der Waals surface area (Å²) in [5, 5.41) is 3.74. The quantitative estimate of drug-likeness (QED) is 0.809. The molecular formula is C11H9F3N2O. The molecule has 0 amide bonds. The van der Waals surface area contributed by atoms with E-state index in [1.165, 1.54) is 7.11 Å². The Morgan fingerprint density at radius 3 is 2.35 bits per heavy atom. The highest BCUT2D eigenvalue weighted by Gasteiger charge is 2.36. The fourth-order valence-electron chi connectivity index (χ4n) is 1.43. The molecule has 0 bridgehead atoms. The van der Waals surface area contributed by atoms with Gasteiger partial charge in [-0.2, -0.15) is 13.2 Å². The second-order valence-corrected chi connectivity index (χ2v) is 3.32. The Morgan fingerprint density at radius 2 is 1.82 bits per heavy atom. The first-order chi connectivity index (χ1) is 8.02. The minimum Gasteiger partial charge on any atom is -0.480 e. The Balaban J connectivity index is 2.57. The predicted octanol–water partition coefficient (Wildman–Crippen LogP) is 2.90. The van der Waals surface area contributed by atoms with E-state index < -0.39 is 11.9 Å². The Hall–Kier alpha value is -1.98. The summed E-state index contributed by atoms with van der Waals surface area (Å²) < 4.78 is 43.8. The van der Waals surface area contributed by atoms with E-state index in [-0.39, 0.29) is 5.88 Å². The summed E-state index contributed by atoms with van der Waals surface area (Å²) in [5.41, 5.74) is -0.524. The maximum absolute atomic E-state index is 12.8. The van der Waals surface area contributed by atoms with Crippen LogP contribution >= 0.6 is 0 Å². The zero-order chi connectivity index (χ0) is 12.5. The number of benzene rings is 1. The summed E-state index contributed by atoms with van der Waals surface area (Å²) in [6.07, 6.45) is -4.47. The van der Waals surface area contributed by atoms with Crippen molar-refractivity contribution in [2.24, 2.45) is 0 Å². The number of hydrogen-bond acceptors (Lipinski definition) is 2. The molecule has 0 radical (unpaired) electrons. The molecule has 0 atom stereocenters. The fourth-order valence-corrected chi connectivity index (χ4v) is 1.43. The van der Waals surface area contributed by atoms with Crippen molar-refractivity contribution in [3.63, 3.8) is 0 Å². The van der Waals surface area contributed by atoms with Gasteiger partial charge in [0.2, 0.25) is 5.88 Å². The molecule has 2 rings (SSSR count). The van der Waals surface area contributed by atoms with Gasteiger partial charge < -0.3 is 4.74 Å². The Kier molecular flexibility index (Phi) is 2.79. The van der Waals surface area contributed by atoms with Gasteiger partial charge in [0.15, 0.2) is 5.69 Å². The molecule has 0 unspecified atom stereocenters. The molecule has 0 saturated carbocycles. The molecule has 2 aromatic rings. The monoisotopic (exact) mass is 242 g/mol. The van der Waals surface area contributed by atoms with Gasteiger partial charge in [-0.3, -0.25) is 0 Å². The van der Waals surface area contributed by atoms with Gasteiger partial charge in [0.25, 0.3) is 0 Å². The Bertz CT molecular complexity index is 505. The minimum atomic E-state index is -4.47. The third kappa shape index (κ3) is 2.25. The van der Waals surface area contributed by atoms with Crippen molar-refractivity contribution in [1.82, 2.24) is 9.78 Å². The molecule has 6 heteroatoms. The second kappa shape index (κ2) is 4.12. The predicted molar refractivity (Wildman–Crippen MR) is 55.1 cm³/mol. The summed E-state index contributed by atoms with van der Waals surface area (Å²) in [7, 11) is 1.28. The van der Waals surface area contributed by atoms with Crippen LogP contribution in [0.3, 0.4) is 0 Å². The van der Waals surface area contributed by atoms with Crippen LogP contribution in [0.15, 0.2) is 36.4 Å². The molecular weight excluding hydrogens is 233 g/mol. The van der Waals surface area contributed by atoms with Crippen LogP contribution in [0.5, 0.6) is 5.88 Å². The van der Waals surface area contributed by atoms with E-state index in [9.17, 15) is 13.2 Å². The Morgan fingerprint density at radius 1 is 1.18 bits per heavy atom. The van der Waals surface area contributed by atoms with Crippen LogP contribution in [0.1, 0.15) is 5.69 Å². The van der Waals surface area contributed by atoms with Crippen molar-refractivity contribution in [3.8, 4) is 11.6 Å². The van der Waals surface area contributed by atoms with Crippen molar-refractivity contribution in [3.05, 3.63) is 42.1 Å². The van der Waals surface area contributed by atoms with Crippen LogP contribution in [0, 0.1) is 0 Å². The first-order valence-corrected chi connectivity index (χ1v) is 4.79. The molecule has 90 valence electrons. The highest BCUT2D eigenvalue weighted by Crippen LogP contribution is 2.33. The van der Waals surface area contributed by atoms with Crippen LogP contribution in [0.4, 0.5) is 13.2 Å². The van der Waals surface area contributed by atoms with Gasteiger partial charge in [-0.25, -0.2) is 4.68 Å². The van der Waals surface area contributed by atoms with Gasteiger partial charge >= 0.3 is 6.18 Å². The highest BCUT2D eigenvalue weighted by molar-refractivity contribution is 5.35. The normalized spacial score (nSPS) is 11.5. The number of methoxy groups -OCH3 is 1. The van der Waals surface area contributed by atoms with Gasteiger partial charge in [-0.05, 0) is 12.1 Å². The van der Waals surface area contributed by atoms with Crippen molar-refractivity contribution >= 4 is 0 Å². The fraction of sp³-hybridized carbons (Fsp3) is 0.182. The van der Waals surface area contributed by atoms with E-state index in [1.807, 2.05) is 0 Å². The minimum absolute atomic E-state index is 0.0684. The number of hydrogen-bond donors (Lipinski definition) is 0. The van der Waals surface area contributed by atoms with E-state index in [0.29, 0.717) is 5.69 Å². The summed E-state index contributed by atoms with van der Waals surface area (Å²) in [6.45, 7) is 0. The van der Waals surface area contributed by atoms with E-state index in [2.05, 4.69) is 5.10 Å². The average molecular weight is 242 g/mol. The van der Waals surface area contributed by atoms with Gasteiger partial charge in [0.1, 0.15) is 0 Å². The third-order valence-corrected chi connectivity index (χ3v) is 2.19. The van der Waals surface area contributed by atoms with Gasteiger partial charge in [0.05, 0.1) is 12.8 Å². The van der Waals surface area contributed by atoms with Crippen molar-refractivity contribution in [2.75, 3.05) is 7.11 Å². The van der Waals surface area contributed by atoms with Crippen LogP contribution < -0.4 is 4.74 Å². The van der Waals surface area contributed by atoms with E-state index in [0.717, 1.165) is 10.7 Å². The summed E-state index contributed by atoms with van der Waals surface area (Å²) >= 11 is 0. The SMILES string of the molecule is COc1cc(C(F)(F)F)n(-c2ccccc2)n1. The van der Waals surface area contributed by atoms with Crippen LogP contribution in [0.25, 0.3) is 5.69 Å². The molecule has 0 fully saturated rings. The molecule has 3 nitrogen and oxygen atoms in total. The van der Waals surface area contributed by atoms with Crippen LogP contribution in [-0.2, 0) is 6.18 Å². The lowest BCUT2D eigenvalue weighted by Gasteiger charge is -2.09. The zero-order valence-corrected chi connectivity index (χ0v) is 8.90. The maximum atomic E-state index is 12.8. The van der Waals surface area contributed by atoms with Gasteiger partial charge in [-0.15, -0.1) is 5.10 Å². The lowest BCUT2D eigenvalue weighted by molar-refractivity contribution is -0.142. The van der Waals surface area contributed by atoms with Gasteiger partial charge in [0, 0.05) is 6.07 Å². The lowest BCUT2D eigenvalue weighted by atomic mass is 10.3. The van der Waals surface area contributed by atoms with E-state index >= 15 is 0 Å². The standard InChI is InChI=1S/C11H9F3N2O/c1-17-10-7-9(11(12,13)14)16(15-10)8-5-3-2-4-6-8/h2-7H,1H3. The number of ether oxygens (including phenoxy) is 1. The third-order valence-electron chi connectivity index (χ3n) is 2.19. The first kappa shape index (κ1) is 11.5. The molecule has 0 N–H and O–H groups in total. The number of nitrogens with zero attached hydrogens (tertiary/aromatic N) is 2. The maximum Gasteiger partial charge on any atom is 0.433 e. The van der Waals surface area contributed by atoms with Crippen LogP contribution in [0.2, 0.25) is 0 Å². The molecule has 0 saturated heterocycles. The molecule has 1 aromatic carbocycles. The first-order valence-electron chi connectivity index (χ1n) is 4.79. The van der Waals surface area contributed by atoms with E-state index in [4.69, 9.17) is 4.74 Å². The molecule has 17 heavy (non-hydrogen) atoms. The summed E-state index contributed by atoms with van der Waals surface area (Å²) in [4.78, 5) is 0. The topological polar surface area (TPSA) is 27.1 Å². The summed E-state index contributed by atoms with van der Waals surface area (Å²) in [5.74, 6) is -0.0684. The molecule has 0 aliphatic heterocycles. The largest absolute Gasteiger partial charge is 0.480 e. The zero-order valence-electron chi connectivity index (χ0n) is 8.90. The van der Waals surface area contributed by atoms with Crippen molar-refractivity contribution in [1.29, 1.82) is 0 Å². The number of halogens is 3. The number of para-hydroxylation sites is 1. The molecule has 0 spiro atoms. The second-order valence-electron chi connectivity index (χ2n) is 3.32. The number of aromatic nitrogens is 2. The summed E-state index contributed by atoms with van der Waals surface area (Å²) in [6, 6.07) is 8.96. The highest BCUT2D eigenvalue weighted by atomic mass is 19.4. The van der Waals surface area contributed by atoms with Gasteiger partial charge in [-0.1, -0.05) is 18.2 Å². The Labute approximate surface area is 95.4 Å². The molecule has 0 aliphatic carbocycles. The smallest absolute Gasteiger partial charge is 0.433 e. The number of rotatable bonds is 2. The van der Waals surface area contributed by atoms with Crippen molar-refractivity contribution < 1.29 is 17.9 Å². The lowest BCUT2D eigenvalue weighted by Crippen LogP contribution is -2.12.